The van der Waals surface area contributed by atoms with E-state index in [0.717, 1.165) is 26.8 Å². The zero-order chi connectivity index (χ0) is 21.4. The van der Waals surface area contributed by atoms with E-state index in [-0.39, 0.29) is 12.1 Å². The van der Waals surface area contributed by atoms with Gasteiger partial charge in [0, 0.05) is 18.0 Å². The van der Waals surface area contributed by atoms with E-state index in [2.05, 4.69) is 30.4 Å². The molecule has 4 heterocycles. The van der Waals surface area contributed by atoms with Crippen LogP contribution in [0.4, 0.5) is 4.39 Å². The number of pyridine rings is 1. The van der Waals surface area contributed by atoms with E-state index in [4.69, 9.17) is 9.72 Å². The van der Waals surface area contributed by atoms with Crippen LogP contribution in [0.3, 0.4) is 0 Å². The summed E-state index contributed by atoms with van der Waals surface area (Å²) in [4.78, 5) is 18.5. The Bertz CT molecular complexity index is 1380. The van der Waals surface area contributed by atoms with E-state index >= 15 is 0 Å². The quantitative estimate of drug-likeness (QED) is 0.442. The maximum absolute atomic E-state index is 14.3. The lowest BCUT2D eigenvalue weighted by Crippen LogP contribution is -1.99. The van der Waals surface area contributed by atoms with E-state index < -0.39 is 5.82 Å². The van der Waals surface area contributed by atoms with Gasteiger partial charge in [-0.1, -0.05) is 6.07 Å². The van der Waals surface area contributed by atoms with Gasteiger partial charge in [0.05, 0.1) is 22.0 Å². The number of rotatable bonds is 5. The third-order valence-electron chi connectivity index (χ3n) is 4.58. The standard InChI is InChI=1S/C21H16FN7OS/c1-11-8-23-21(24-9-11)30-10-18-25-12(2)20(31-18)16-5-3-4-15(26-16)13-6-14(22)19-17(7-13)27-29-28-19/h3-9H,10H2,1-2H3,(H,27,28,29). The van der Waals surface area contributed by atoms with E-state index in [1.165, 1.54) is 17.4 Å². The highest BCUT2D eigenvalue weighted by atomic mass is 32.1. The molecule has 5 aromatic rings. The number of thiazole rings is 1. The number of aryl methyl sites for hydroxylation is 2. The van der Waals surface area contributed by atoms with Crippen LogP contribution >= 0.6 is 11.3 Å². The number of H-pyrrole nitrogens is 1. The molecule has 0 aliphatic rings. The predicted octanol–water partition coefficient (Wildman–Crippen LogP) is 4.27. The summed E-state index contributed by atoms with van der Waals surface area (Å²) in [5.74, 6) is -0.444. The van der Waals surface area contributed by atoms with Crippen molar-refractivity contribution in [3.63, 3.8) is 0 Å². The Morgan fingerprint density at radius 2 is 1.84 bits per heavy atom. The van der Waals surface area contributed by atoms with Crippen LogP contribution in [0.15, 0.2) is 42.7 Å². The fourth-order valence-electron chi connectivity index (χ4n) is 3.11. The molecule has 31 heavy (non-hydrogen) atoms. The second kappa shape index (κ2) is 7.80. The Hall–Kier alpha value is -3.79. The van der Waals surface area contributed by atoms with Crippen LogP contribution in [0.2, 0.25) is 0 Å². The molecule has 1 N–H and O–H groups in total. The van der Waals surface area contributed by atoms with Gasteiger partial charge in [-0.15, -0.1) is 11.3 Å². The summed E-state index contributed by atoms with van der Waals surface area (Å²) < 4.78 is 20.0. The van der Waals surface area contributed by atoms with Gasteiger partial charge in [0.2, 0.25) is 0 Å². The van der Waals surface area contributed by atoms with Gasteiger partial charge in [-0.25, -0.2) is 24.3 Å². The van der Waals surface area contributed by atoms with E-state index in [1.54, 1.807) is 18.5 Å². The van der Waals surface area contributed by atoms with Crippen molar-refractivity contribution in [3.8, 4) is 27.8 Å². The van der Waals surface area contributed by atoms with Crippen molar-refractivity contribution in [2.75, 3.05) is 0 Å². The number of nitrogens with zero attached hydrogens (tertiary/aromatic N) is 6. The monoisotopic (exact) mass is 433 g/mol. The van der Waals surface area contributed by atoms with Crippen LogP contribution in [0.5, 0.6) is 6.01 Å². The first-order chi connectivity index (χ1) is 15.1. The molecular weight excluding hydrogens is 417 g/mol. The lowest BCUT2D eigenvalue weighted by Gasteiger charge is -2.04. The number of hydrogen-bond acceptors (Lipinski definition) is 8. The van der Waals surface area contributed by atoms with Crippen LogP contribution < -0.4 is 4.74 Å². The van der Waals surface area contributed by atoms with Crippen molar-refractivity contribution in [2.24, 2.45) is 0 Å². The molecule has 0 bridgehead atoms. The molecule has 8 nitrogen and oxygen atoms in total. The highest BCUT2D eigenvalue weighted by Gasteiger charge is 2.14. The summed E-state index contributed by atoms with van der Waals surface area (Å²) in [6.45, 7) is 4.11. The van der Waals surface area contributed by atoms with E-state index in [0.29, 0.717) is 22.8 Å². The lowest BCUT2D eigenvalue weighted by molar-refractivity contribution is 0.280. The van der Waals surface area contributed by atoms with Gasteiger partial charge >= 0.3 is 6.01 Å². The van der Waals surface area contributed by atoms with Crippen molar-refractivity contribution in [3.05, 3.63) is 64.8 Å². The topological polar surface area (TPSA) is 102 Å². The summed E-state index contributed by atoms with van der Waals surface area (Å²) in [7, 11) is 0. The van der Waals surface area contributed by atoms with Gasteiger partial charge in [-0.2, -0.15) is 15.4 Å². The number of ether oxygens (including phenoxy) is 1. The first-order valence-electron chi connectivity index (χ1n) is 9.42. The molecule has 0 unspecified atom stereocenters. The molecule has 4 aromatic heterocycles. The minimum Gasteiger partial charge on any atom is -0.456 e. The average molecular weight is 433 g/mol. The van der Waals surface area contributed by atoms with Gasteiger partial charge in [0.1, 0.15) is 22.6 Å². The van der Waals surface area contributed by atoms with Gasteiger partial charge < -0.3 is 4.74 Å². The highest BCUT2D eigenvalue weighted by Crippen LogP contribution is 2.31. The number of hydrogen-bond donors (Lipinski definition) is 1. The highest BCUT2D eigenvalue weighted by molar-refractivity contribution is 7.15. The molecule has 154 valence electrons. The van der Waals surface area contributed by atoms with Crippen LogP contribution in [0, 0.1) is 19.7 Å². The molecule has 0 amide bonds. The van der Waals surface area contributed by atoms with Crippen LogP contribution in [0.25, 0.3) is 32.9 Å². The number of benzene rings is 1. The molecule has 0 fully saturated rings. The predicted molar refractivity (Wildman–Crippen MR) is 114 cm³/mol. The van der Waals surface area contributed by atoms with Crippen LogP contribution in [-0.4, -0.2) is 35.3 Å². The maximum atomic E-state index is 14.3. The molecule has 10 heteroatoms. The number of nitrogens with one attached hydrogen (secondary N) is 1. The Morgan fingerprint density at radius 1 is 1.03 bits per heavy atom. The number of aromatic amines is 1. The Labute approximate surface area is 180 Å². The molecule has 1 aromatic carbocycles. The summed E-state index contributed by atoms with van der Waals surface area (Å²) in [6, 6.07) is 9.11. The van der Waals surface area contributed by atoms with E-state index in [1.807, 2.05) is 32.0 Å². The summed E-state index contributed by atoms with van der Waals surface area (Å²) in [5, 5.41) is 11.0. The van der Waals surface area contributed by atoms with Crippen molar-refractivity contribution in [2.45, 2.75) is 20.5 Å². The molecule has 0 spiro atoms. The van der Waals surface area contributed by atoms with Crippen LogP contribution in [-0.2, 0) is 6.61 Å². The second-order valence-electron chi connectivity index (χ2n) is 6.91. The normalized spacial score (nSPS) is 11.2. The van der Waals surface area contributed by atoms with Gasteiger partial charge in [0.15, 0.2) is 5.82 Å². The molecule has 0 aliphatic carbocycles. The van der Waals surface area contributed by atoms with Gasteiger partial charge in [0.25, 0.3) is 0 Å². The third kappa shape index (κ3) is 3.84. The molecule has 0 atom stereocenters. The number of halogens is 1. The zero-order valence-electron chi connectivity index (χ0n) is 16.6. The minimum absolute atomic E-state index is 0.209. The fourth-order valence-corrected chi connectivity index (χ4v) is 4.06. The Kier molecular flexibility index (Phi) is 4.83. The first kappa shape index (κ1) is 19.2. The SMILES string of the molecule is Cc1cnc(OCc2nc(C)c(-c3cccc(-c4cc(F)c5n[nH]nc5c4)n3)s2)nc1. The smallest absolute Gasteiger partial charge is 0.316 e. The molecular formula is C21H16FN7OS. The summed E-state index contributed by atoms with van der Waals surface area (Å²) in [6.07, 6.45) is 3.41. The molecule has 5 rings (SSSR count). The summed E-state index contributed by atoms with van der Waals surface area (Å²) >= 11 is 1.49. The molecule has 0 aliphatic heterocycles. The maximum Gasteiger partial charge on any atom is 0.316 e. The average Bonchev–Trinajstić information content (AvgIpc) is 3.40. The number of fused-ring (bicyclic) bond motifs is 1. The van der Waals surface area contributed by atoms with E-state index in [9.17, 15) is 4.39 Å². The van der Waals surface area contributed by atoms with Gasteiger partial charge in [-0.3, -0.25) is 0 Å². The molecule has 0 saturated carbocycles. The third-order valence-corrected chi connectivity index (χ3v) is 5.73. The van der Waals surface area contributed by atoms with Crippen LogP contribution in [0.1, 0.15) is 16.3 Å². The van der Waals surface area contributed by atoms with Gasteiger partial charge in [-0.05, 0) is 43.7 Å². The largest absolute Gasteiger partial charge is 0.456 e. The molecule has 0 radical (unpaired) electrons. The fraction of sp³-hybridized carbons (Fsp3) is 0.143. The van der Waals surface area contributed by atoms with Crippen molar-refractivity contribution in [1.82, 2.24) is 35.3 Å². The van der Waals surface area contributed by atoms with Crippen molar-refractivity contribution < 1.29 is 9.13 Å². The zero-order valence-corrected chi connectivity index (χ0v) is 17.4. The minimum atomic E-state index is -0.444. The summed E-state index contributed by atoms with van der Waals surface area (Å²) in [5.41, 5.74) is 4.49. The Balaban J connectivity index is 1.42. The first-order valence-corrected chi connectivity index (χ1v) is 10.2. The molecule has 0 saturated heterocycles. The lowest BCUT2D eigenvalue weighted by atomic mass is 10.1. The van der Waals surface area contributed by atoms with Crippen molar-refractivity contribution in [1.29, 1.82) is 0 Å². The second-order valence-corrected chi connectivity index (χ2v) is 7.99. The Morgan fingerprint density at radius 3 is 2.68 bits per heavy atom. The van der Waals surface area contributed by atoms with Crippen molar-refractivity contribution >= 4 is 22.4 Å². The number of aromatic nitrogens is 7.